The second-order valence-corrected chi connectivity index (χ2v) is 9.91. The minimum atomic E-state index is -0.185. The number of nitrogens with zero attached hydrogens (tertiary/aromatic N) is 2. The molecule has 0 radical (unpaired) electrons. The van der Waals surface area contributed by atoms with Crippen molar-refractivity contribution in [2.75, 3.05) is 0 Å². The zero-order chi connectivity index (χ0) is 20.1. The van der Waals surface area contributed by atoms with Gasteiger partial charge in [0.2, 0.25) is 5.01 Å². The molecule has 7 heteroatoms. The minimum Gasteiger partial charge on any atom is -0.346 e. The summed E-state index contributed by atoms with van der Waals surface area (Å²) in [6, 6.07) is 12.5. The van der Waals surface area contributed by atoms with Gasteiger partial charge in [0.05, 0.1) is 6.54 Å². The van der Waals surface area contributed by atoms with Crippen LogP contribution in [0.25, 0.3) is 0 Å². The molecule has 1 aromatic carbocycles. The summed E-state index contributed by atoms with van der Waals surface area (Å²) in [7, 11) is 0. The molecule has 148 valence electrons. The van der Waals surface area contributed by atoms with Gasteiger partial charge in [-0.25, -0.2) is 0 Å². The molecule has 0 aliphatic carbocycles. The van der Waals surface area contributed by atoms with Gasteiger partial charge in [-0.2, -0.15) is 0 Å². The molecule has 28 heavy (non-hydrogen) atoms. The van der Waals surface area contributed by atoms with Crippen molar-refractivity contribution in [1.82, 2.24) is 20.8 Å². The summed E-state index contributed by atoms with van der Waals surface area (Å²) < 4.78 is 0. The normalized spacial score (nSPS) is 12.7. The Morgan fingerprint density at radius 2 is 1.86 bits per heavy atom. The third kappa shape index (κ3) is 5.47. The van der Waals surface area contributed by atoms with Gasteiger partial charge in [-0.15, -0.1) is 21.5 Å². The molecular weight excluding hydrogens is 388 g/mol. The number of hydrogen-bond acceptors (Lipinski definition) is 6. The predicted octanol–water partition coefficient (Wildman–Crippen LogP) is 4.72. The van der Waals surface area contributed by atoms with Crippen LogP contribution in [0.15, 0.2) is 41.8 Å². The maximum atomic E-state index is 12.4. The van der Waals surface area contributed by atoms with E-state index in [-0.39, 0.29) is 17.4 Å². The maximum Gasteiger partial charge on any atom is 0.282 e. The Kier molecular flexibility index (Phi) is 6.59. The first-order valence-corrected chi connectivity index (χ1v) is 11.0. The fourth-order valence-electron chi connectivity index (χ4n) is 2.86. The summed E-state index contributed by atoms with van der Waals surface area (Å²) in [5, 5.41) is 18.0. The lowest BCUT2D eigenvalue weighted by Crippen LogP contribution is -2.31. The van der Waals surface area contributed by atoms with Gasteiger partial charge in [0.25, 0.3) is 5.91 Å². The SMILES string of the molecule is Cc1ccc(CNC(=O)c2nnc(CNC(c3cccs3)C(C)(C)C)s2)cc1. The summed E-state index contributed by atoms with van der Waals surface area (Å²) in [5.41, 5.74) is 2.34. The van der Waals surface area contributed by atoms with E-state index in [1.807, 2.05) is 31.2 Å². The summed E-state index contributed by atoms with van der Waals surface area (Å²) in [6.45, 7) is 9.76. The van der Waals surface area contributed by atoms with Gasteiger partial charge in [-0.05, 0) is 29.3 Å². The van der Waals surface area contributed by atoms with Gasteiger partial charge < -0.3 is 10.6 Å². The van der Waals surface area contributed by atoms with Gasteiger partial charge in [0.1, 0.15) is 5.01 Å². The van der Waals surface area contributed by atoms with Crippen LogP contribution < -0.4 is 10.6 Å². The van der Waals surface area contributed by atoms with E-state index in [9.17, 15) is 4.79 Å². The Bertz CT molecular complexity index is 895. The van der Waals surface area contributed by atoms with Crippen LogP contribution in [0, 0.1) is 12.3 Å². The molecule has 0 aliphatic heterocycles. The number of thiophene rings is 1. The number of rotatable bonds is 7. The highest BCUT2D eigenvalue weighted by atomic mass is 32.1. The average molecular weight is 415 g/mol. The van der Waals surface area contributed by atoms with Crippen LogP contribution in [0.2, 0.25) is 0 Å². The number of nitrogens with one attached hydrogen (secondary N) is 2. The maximum absolute atomic E-state index is 12.4. The third-order valence-corrected chi connectivity index (χ3v) is 6.25. The Labute approximate surface area is 174 Å². The molecule has 2 N–H and O–H groups in total. The van der Waals surface area contributed by atoms with Gasteiger partial charge in [-0.3, -0.25) is 4.79 Å². The first kappa shape index (κ1) is 20.6. The lowest BCUT2D eigenvalue weighted by molar-refractivity contribution is 0.0950. The van der Waals surface area contributed by atoms with Crippen molar-refractivity contribution in [3.63, 3.8) is 0 Å². The first-order valence-electron chi connectivity index (χ1n) is 9.26. The monoisotopic (exact) mass is 414 g/mol. The van der Waals surface area contributed by atoms with Crippen LogP contribution in [-0.4, -0.2) is 16.1 Å². The zero-order valence-electron chi connectivity index (χ0n) is 16.7. The van der Waals surface area contributed by atoms with Gasteiger partial charge in [0.15, 0.2) is 0 Å². The molecule has 1 unspecified atom stereocenters. The smallest absolute Gasteiger partial charge is 0.282 e. The van der Waals surface area contributed by atoms with Crippen LogP contribution in [0.4, 0.5) is 0 Å². The van der Waals surface area contributed by atoms with E-state index in [1.54, 1.807) is 11.3 Å². The largest absolute Gasteiger partial charge is 0.346 e. The molecule has 0 fully saturated rings. The van der Waals surface area contributed by atoms with Crippen molar-refractivity contribution in [3.8, 4) is 0 Å². The zero-order valence-corrected chi connectivity index (χ0v) is 18.3. The Balaban J connectivity index is 1.57. The predicted molar refractivity (Wildman–Crippen MR) is 116 cm³/mol. The fraction of sp³-hybridized carbons (Fsp3) is 0.381. The molecule has 0 saturated carbocycles. The number of aromatic nitrogens is 2. The van der Waals surface area contributed by atoms with Crippen LogP contribution >= 0.6 is 22.7 Å². The molecule has 3 aromatic rings. The molecule has 3 rings (SSSR count). The quantitative estimate of drug-likeness (QED) is 0.587. The number of carbonyl (C=O) groups is 1. The van der Waals surface area contributed by atoms with E-state index in [0.29, 0.717) is 18.1 Å². The van der Waals surface area contributed by atoms with E-state index in [1.165, 1.54) is 21.8 Å². The van der Waals surface area contributed by atoms with Crippen LogP contribution in [0.5, 0.6) is 0 Å². The van der Waals surface area contributed by atoms with Crippen LogP contribution in [0.1, 0.15) is 57.6 Å². The minimum absolute atomic E-state index is 0.0732. The fourth-order valence-corrected chi connectivity index (χ4v) is 4.61. The highest BCUT2D eigenvalue weighted by Gasteiger charge is 2.27. The van der Waals surface area contributed by atoms with Gasteiger partial charge in [0, 0.05) is 17.5 Å². The molecule has 2 aromatic heterocycles. The molecule has 0 aliphatic rings. The molecule has 2 heterocycles. The standard InChI is InChI=1S/C21H26N4OS2/c1-14-7-9-15(10-8-14)12-23-19(26)20-25-24-17(28-20)13-22-18(21(2,3)4)16-6-5-11-27-16/h5-11,18,22H,12-13H2,1-4H3,(H,23,26). The lowest BCUT2D eigenvalue weighted by atomic mass is 9.86. The second-order valence-electron chi connectivity index (χ2n) is 7.86. The summed E-state index contributed by atoms with van der Waals surface area (Å²) in [4.78, 5) is 13.7. The molecule has 0 spiro atoms. The van der Waals surface area contributed by atoms with Crippen molar-refractivity contribution >= 4 is 28.6 Å². The Hall–Kier alpha value is -2.09. The third-order valence-electron chi connectivity index (χ3n) is 4.39. The summed E-state index contributed by atoms with van der Waals surface area (Å²) in [5.74, 6) is -0.185. The van der Waals surface area contributed by atoms with Gasteiger partial charge >= 0.3 is 0 Å². The van der Waals surface area contributed by atoms with E-state index in [4.69, 9.17) is 0 Å². The number of carbonyl (C=O) groups excluding carboxylic acids is 1. The molecule has 1 amide bonds. The van der Waals surface area contributed by atoms with E-state index < -0.39 is 0 Å². The number of amides is 1. The summed E-state index contributed by atoms with van der Waals surface area (Å²) >= 11 is 3.08. The van der Waals surface area contributed by atoms with Crippen molar-refractivity contribution in [3.05, 3.63) is 67.8 Å². The second kappa shape index (κ2) is 8.94. The lowest BCUT2D eigenvalue weighted by Gasteiger charge is -2.30. The highest BCUT2D eigenvalue weighted by molar-refractivity contribution is 7.13. The topological polar surface area (TPSA) is 66.9 Å². The molecule has 5 nitrogen and oxygen atoms in total. The Morgan fingerprint density at radius 1 is 1.11 bits per heavy atom. The number of benzene rings is 1. The first-order chi connectivity index (χ1) is 13.3. The van der Waals surface area contributed by atoms with Crippen molar-refractivity contribution < 1.29 is 4.79 Å². The molecule has 0 saturated heterocycles. The average Bonchev–Trinajstić information content (AvgIpc) is 3.32. The van der Waals surface area contributed by atoms with Crippen molar-refractivity contribution in [1.29, 1.82) is 0 Å². The van der Waals surface area contributed by atoms with Crippen molar-refractivity contribution in [2.24, 2.45) is 5.41 Å². The van der Waals surface area contributed by atoms with Crippen molar-refractivity contribution in [2.45, 2.75) is 46.8 Å². The van der Waals surface area contributed by atoms with Crippen LogP contribution in [0.3, 0.4) is 0 Å². The van der Waals surface area contributed by atoms with Gasteiger partial charge in [-0.1, -0.05) is 68.0 Å². The van der Waals surface area contributed by atoms with E-state index >= 15 is 0 Å². The molecule has 1 atom stereocenters. The van der Waals surface area contributed by atoms with E-state index in [2.05, 4.69) is 59.1 Å². The van der Waals surface area contributed by atoms with Crippen LogP contribution in [-0.2, 0) is 13.1 Å². The summed E-state index contributed by atoms with van der Waals surface area (Å²) in [6.07, 6.45) is 0. The molecular formula is C21H26N4OS2. The highest BCUT2D eigenvalue weighted by Crippen LogP contribution is 2.35. The number of aryl methyl sites for hydroxylation is 1. The number of hydrogen-bond donors (Lipinski definition) is 2. The Morgan fingerprint density at radius 3 is 2.50 bits per heavy atom. The molecule has 0 bridgehead atoms. The van der Waals surface area contributed by atoms with E-state index in [0.717, 1.165) is 10.6 Å².